The van der Waals surface area contributed by atoms with Gasteiger partial charge in [0.1, 0.15) is 5.69 Å². The molecule has 2 atom stereocenters. The van der Waals surface area contributed by atoms with Crippen molar-refractivity contribution >= 4 is 17.5 Å². The first-order valence-corrected chi connectivity index (χ1v) is 6.30. The molecule has 1 aliphatic rings. The molecule has 17 heavy (non-hydrogen) atoms. The third-order valence-electron chi connectivity index (χ3n) is 3.19. The lowest BCUT2D eigenvalue weighted by molar-refractivity contribution is 0.0924. The molecule has 1 aromatic rings. The van der Waals surface area contributed by atoms with E-state index in [4.69, 9.17) is 11.6 Å². The summed E-state index contributed by atoms with van der Waals surface area (Å²) in [5.41, 5.74) is 0.0377. The van der Waals surface area contributed by atoms with E-state index >= 15 is 0 Å². The Hall–Kier alpha value is -1.29. The van der Waals surface area contributed by atoms with Crippen molar-refractivity contribution in [1.82, 2.24) is 10.3 Å². The molecule has 1 fully saturated rings. The maximum absolute atomic E-state index is 11.9. The van der Waals surface area contributed by atoms with E-state index in [0.29, 0.717) is 17.5 Å². The number of carbonyl (C=O) groups excluding carboxylic acids is 1. The lowest BCUT2D eigenvalue weighted by atomic mass is 10.1. The number of pyridine rings is 1. The average Bonchev–Trinajstić information content (AvgIpc) is 2.76. The van der Waals surface area contributed by atoms with Gasteiger partial charge in [0.15, 0.2) is 0 Å². The van der Waals surface area contributed by atoms with Crippen LogP contribution in [0, 0.1) is 5.92 Å². The third-order valence-corrected chi connectivity index (χ3v) is 3.58. The van der Waals surface area contributed by atoms with Gasteiger partial charge >= 0.3 is 0 Å². The first kappa shape index (κ1) is 12.2. The molecule has 2 N–H and O–H groups in total. The predicted octanol–water partition coefficient (Wildman–Crippen LogP) is 1.51. The summed E-state index contributed by atoms with van der Waals surface area (Å²) in [6.45, 7) is 0. The summed E-state index contributed by atoms with van der Waals surface area (Å²) < 4.78 is 0. The van der Waals surface area contributed by atoms with Crippen LogP contribution in [0.2, 0.25) is 0 Å². The van der Waals surface area contributed by atoms with Crippen LogP contribution in [0.25, 0.3) is 0 Å². The first-order chi connectivity index (χ1) is 8.20. The molecular weight excluding hydrogens is 240 g/mol. The van der Waals surface area contributed by atoms with Crippen LogP contribution < -0.4 is 10.9 Å². The molecule has 0 spiro atoms. The number of hydrogen-bond acceptors (Lipinski definition) is 2. The van der Waals surface area contributed by atoms with Crippen molar-refractivity contribution in [2.45, 2.75) is 25.3 Å². The number of H-pyrrole nitrogens is 1. The molecule has 2 unspecified atom stereocenters. The summed E-state index contributed by atoms with van der Waals surface area (Å²) in [5, 5.41) is 2.93. The first-order valence-electron chi connectivity index (χ1n) is 5.77. The standard InChI is InChI=1S/C12H15ClN2O2/c13-7-8-3-1-4-9(8)15-12(17)10-5-2-6-11(16)14-10/h2,5-6,8-9H,1,3-4,7H2,(H,14,16)(H,15,17). The van der Waals surface area contributed by atoms with Crippen LogP contribution in [0.1, 0.15) is 29.8 Å². The summed E-state index contributed by atoms with van der Waals surface area (Å²) in [7, 11) is 0. The second-order valence-corrected chi connectivity index (χ2v) is 4.66. The number of carbonyl (C=O) groups is 1. The van der Waals surface area contributed by atoms with Gasteiger partial charge in [-0.3, -0.25) is 9.59 Å². The van der Waals surface area contributed by atoms with Gasteiger partial charge in [-0.2, -0.15) is 0 Å². The van der Waals surface area contributed by atoms with Crippen LogP contribution in [-0.2, 0) is 0 Å². The Balaban J connectivity index is 2.04. The second kappa shape index (κ2) is 5.36. The van der Waals surface area contributed by atoms with Gasteiger partial charge in [0.2, 0.25) is 5.56 Å². The molecule has 2 rings (SSSR count). The van der Waals surface area contributed by atoms with Crippen LogP contribution in [-0.4, -0.2) is 22.8 Å². The summed E-state index contributed by atoms with van der Waals surface area (Å²) in [6.07, 6.45) is 3.10. The topological polar surface area (TPSA) is 62.0 Å². The molecule has 0 bridgehead atoms. The highest BCUT2D eigenvalue weighted by Gasteiger charge is 2.28. The second-order valence-electron chi connectivity index (χ2n) is 4.35. The van der Waals surface area contributed by atoms with E-state index in [9.17, 15) is 9.59 Å². The molecule has 1 aromatic heterocycles. The summed E-state index contributed by atoms with van der Waals surface area (Å²) in [5.74, 6) is 0.678. The number of rotatable bonds is 3. The van der Waals surface area contributed by atoms with E-state index in [-0.39, 0.29) is 17.5 Å². The number of nitrogens with one attached hydrogen (secondary N) is 2. The number of hydrogen-bond donors (Lipinski definition) is 2. The fourth-order valence-corrected chi connectivity index (χ4v) is 2.61. The maximum Gasteiger partial charge on any atom is 0.268 e. The minimum absolute atomic E-state index is 0.128. The zero-order valence-electron chi connectivity index (χ0n) is 9.41. The van der Waals surface area contributed by atoms with Crippen molar-refractivity contribution in [2.24, 2.45) is 5.92 Å². The van der Waals surface area contributed by atoms with Gasteiger partial charge in [0.05, 0.1) is 0 Å². The Bertz CT molecular complexity index is 458. The van der Waals surface area contributed by atoms with Gasteiger partial charge in [-0.1, -0.05) is 12.5 Å². The monoisotopic (exact) mass is 254 g/mol. The molecule has 0 saturated heterocycles. The minimum Gasteiger partial charge on any atom is -0.348 e. The Morgan fingerprint density at radius 1 is 1.47 bits per heavy atom. The van der Waals surface area contributed by atoms with Crippen LogP contribution >= 0.6 is 11.6 Å². The van der Waals surface area contributed by atoms with Crippen LogP contribution in [0.15, 0.2) is 23.0 Å². The number of halogens is 1. The Labute approximate surface area is 104 Å². The van der Waals surface area contributed by atoms with Crippen LogP contribution in [0.4, 0.5) is 0 Å². The highest BCUT2D eigenvalue weighted by atomic mass is 35.5. The van der Waals surface area contributed by atoms with E-state index in [2.05, 4.69) is 10.3 Å². The third kappa shape index (κ3) is 2.88. The van der Waals surface area contributed by atoms with E-state index in [1.165, 1.54) is 6.07 Å². The molecule has 1 heterocycles. The van der Waals surface area contributed by atoms with E-state index in [1.807, 2.05) is 0 Å². The highest BCUT2D eigenvalue weighted by molar-refractivity contribution is 6.18. The molecule has 0 aliphatic heterocycles. The fourth-order valence-electron chi connectivity index (χ4n) is 2.24. The van der Waals surface area contributed by atoms with E-state index in [0.717, 1.165) is 19.3 Å². The van der Waals surface area contributed by atoms with Gasteiger partial charge in [-0.25, -0.2) is 0 Å². The summed E-state index contributed by atoms with van der Waals surface area (Å²) in [6, 6.07) is 4.68. The Morgan fingerprint density at radius 3 is 3.00 bits per heavy atom. The van der Waals surface area contributed by atoms with Gasteiger partial charge in [0.25, 0.3) is 5.91 Å². The average molecular weight is 255 g/mol. The Kier molecular flexibility index (Phi) is 3.84. The van der Waals surface area contributed by atoms with E-state index < -0.39 is 0 Å². The van der Waals surface area contributed by atoms with Crippen LogP contribution in [0.3, 0.4) is 0 Å². The van der Waals surface area contributed by atoms with Gasteiger partial charge in [-0.15, -0.1) is 11.6 Å². The van der Waals surface area contributed by atoms with Crippen molar-refractivity contribution in [2.75, 3.05) is 5.88 Å². The molecule has 92 valence electrons. The zero-order valence-corrected chi connectivity index (χ0v) is 10.2. The predicted molar refractivity (Wildman–Crippen MR) is 66.4 cm³/mol. The number of alkyl halides is 1. The molecule has 5 heteroatoms. The Morgan fingerprint density at radius 2 is 2.29 bits per heavy atom. The SMILES string of the molecule is O=C(NC1CCCC1CCl)c1cccc(=O)[nH]1. The van der Waals surface area contributed by atoms with Crippen LogP contribution in [0.5, 0.6) is 0 Å². The largest absolute Gasteiger partial charge is 0.348 e. The highest BCUT2D eigenvalue weighted by Crippen LogP contribution is 2.26. The molecule has 1 saturated carbocycles. The summed E-state index contributed by atoms with van der Waals surface area (Å²) in [4.78, 5) is 25.5. The quantitative estimate of drug-likeness (QED) is 0.804. The number of amides is 1. The van der Waals surface area contributed by atoms with Crippen molar-refractivity contribution < 1.29 is 4.79 Å². The molecular formula is C12H15ClN2O2. The van der Waals surface area contributed by atoms with Crippen molar-refractivity contribution in [3.63, 3.8) is 0 Å². The lowest BCUT2D eigenvalue weighted by Gasteiger charge is -2.18. The van der Waals surface area contributed by atoms with Crippen molar-refractivity contribution in [1.29, 1.82) is 0 Å². The van der Waals surface area contributed by atoms with E-state index in [1.54, 1.807) is 12.1 Å². The van der Waals surface area contributed by atoms with Gasteiger partial charge in [0, 0.05) is 18.0 Å². The smallest absolute Gasteiger partial charge is 0.268 e. The van der Waals surface area contributed by atoms with Crippen molar-refractivity contribution in [3.8, 4) is 0 Å². The zero-order chi connectivity index (χ0) is 12.3. The van der Waals surface area contributed by atoms with Gasteiger partial charge < -0.3 is 10.3 Å². The fraction of sp³-hybridized carbons (Fsp3) is 0.500. The molecule has 0 radical (unpaired) electrons. The maximum atomic E-state index is 11.9. The van der Waals surface area contributed by atoms with Crippen molar-refractivity contribution in [3.05, 3.63) is 34.2 Å². The molecule has 0 aromatic carbocycles. The van der Waals surface area contributed by atoms with Gasteiger partial charge in [-0.05, 0) is 24.8 Å². The number of aromatic nitrogens is 1. The summed E-state index contributed by atoms with van der Waals surface area (Å²) >= 11 is 5.85. The lowest BCUT2D eigenvalue weighted by Crippen LogP contribution is -2.38. The number of aromatic amines is 1. The normalized spacial score (nSPS) is 23.6. The molecule has 1 amide bonds. The minimum atomic E-state index is -0.266. The molecule has 1 aliphatic carbocycles. The molecule has 4 nitrogen and oxygen atoms in total.